The van der Waals surface area contributed by atoms with Gasteiger partial charge in [0, 0.05) is 24.1 Å². The standard InChI is InChI=1S/C26H28N4O2/c1-3-29(4-2)25(20-11-6-5-7-12-20)26(31)28-21-13-10-14-23(17-21)32-19-22-18-30-16-9-8-15-24(30)27-22/h5-18,25H,3-4,19H2,1-2H3,(H,28,31). The number of carbonyl (C=O) groups excluding carboxylic acids is 1. The van der Waals surface area contributed by atoms with E-state index < -0.39 is 0 Å². The molecule has 6 nitrogen and oxygen atoms in total. The van der Waals surface area contributed by atoms with Crippen LogP contribution >= 0.6 is 0 Å². The zero-order chi connectivity index (χ0) is 22.3. The number of ether oxygens (including phenoxy) is 1. The Kier molecular flexibility index (Phi) is 6.82. The maximum atomic E-state index is 13.3. The molecule has 6 heteroatoms. The van der Waals surface area contributed by atoms with Gasteiger partial charge in [-0.3, -0.25) is 9.69 Å². The predicted octanol–water partition coefficient (Wildman–Crippen LogP) is 4.93. The Hall–Kier alpha value is -3.64. The summed E-state index contributed by atoms with van der Waals surface area (Å²) in [4.78, 5) is 20.0. The van der Waals surface area contributed by atoms with Crippen molar-refractivity contribution in [3.05, 3.63) is 96.4 Å². The Morgan fingerprint density at radius 3 is 2.56 bits per heavy atom. The van der Waals surface area contributed by atoms with Gasteiger partial charge in [-0.2, -0.15) is 0 Å². The summed E-state index contributed by atoms with van der Waals surface area (Å²) in [7, 11) is 0. The van der Waals surface area contributed by atoms with Crippen molar-refractivity contribution in [2.24, 2.45) is 0 Å². The summed E-state index contributed by atoms with van der Waals surface area (Å²) in [6.45, 7) is 6.06. The molecule has 1 atom stereocenters. The molecule has 4 rings (SSSR count). The van der Waals surface area contributed by atoms with Crippen molar-refractivity contribution >= 4 is 17.2 Å². The van der Waals surface area contributed by atoms with Gasteiger partial charge < -0.3 is 14.5 Å². The smallest absolute Gasteiger partial charge is 0.246 e. The molecule has 32 heavy (non-hydrogen) atoms. The number of hydrogen-bond acceptors (Lipinski definition) is 4. The van der Waals surface area contributed by atoms with Gasteiger partial charge in [0.1, 0.15) is 24.0 Å². The zero-order valence-electron chi connectivity index (χ0n) is 18.4. The fraction of sp³-hybridized carbons (Fsp3) is 0.231. The van der Waals surface area contributed by atoms with Gasteiger partial charge in [0.25, 0.3) is 0 Å². The number of nitrogens with one attached hydrogen (secondary N) is 1. The highest BCUT2D eigenvalue weighted by atomic mass is 16.5. The molecule has 0 spiro atoms. The van der Waals surface area contributed by atoms with E-state index in [0.717, 1.165) is 30.0 Å². The van der Waals surface area contributed by atoms with E-state index in [1.807, 2.05) is 89.6 Å². The highest BCUT2D eigenvalue weighted by molar-refractivity contribution is 5.95. The number of fused-ring (bicyclic) bond motifs is 1. The monoisotopic (exact) mass is 428 g/mol. The summed E-state index contributed by atoms with van der Waals surface area (Å²) in [6.07, 6.45) is 3.91. The van der Waals surface area contributed by atoms with Crippen LogP contribution < -0.4 is 10.1 Å². The molecule has 1 amide bonds. The van der Waals surface area contributed by atoms with Gasteiger partial charge in [-0.25, -0.2) is 4.98 Å². The predicted molar refractivity (Wildman–Crippen MR) is 127 cm³/mol. The van der Waals surface area contributed by atoms with E-state index in [-0.39, 0.29) is 11.9 Å². The number of hydrogen-bond donors (Lipinski definition) is 1. The second-order valence-electron chi connectivity index (χ2n) is 7.54. The van der Waals surface area contributed by atoms with Crippen molar-refractivity contribution in [2.75, 3.05) is 18.4 Å². The lowest BCUT2D eigenvalue weighted by molar-refractivity contribution is -0.121. The molecule has 0 aliphatic carbocycles. The molecule has 164 valence electrons. The summed E-state index contributed by atoms with van der Waals surface area (Å²) in [5.41, 5.74) is 3.41. The van der Waals surface area contributed by atoms with Crippen LogP contribution in [-0.4, -0.2) is 33.3 Å². The SMILES string of the molecule is CCN(CC)C(C(=O)Nc1cccc(OCc2cn3ccccc3n2)c1)c1ccccc1. The molecule has 0 bridgehead atoms. The first kappa shape index (κ1) is 21.6. The van der Waals surface area contributed by atoms with Gasteiger partial charge in [-0.15, -0.1) is 0 Å². The Morgan fingerprint density at radius 2 is 1.81 bits per heavy atom. The average Bonchev–Trinajstić information content (AvgIpc) is 3.25. The molecule has 0 aliphatic rings. The lowest BCUT2D eigenvalue weighted by Gasteiger charge is -2.29. The molecule has 1 unspecified atom stereocenters. The number of benzene rings is 2. The molecule has 0 saturated carbocycles. The molecule has 0 radical (unpaired) electrons. The topological polar surface area (TPSA) is 58.9 Å². The van der Waals surface area contributed by atoms with Crippen molar-refractivity contribution in [1.29, 1.82) is 0 Å². The summed E-state index contributed by atoms with van der Waals surface area (Å²) < 4.78 is 7.91. The van der Waals surface area contributed by atoms with Gasteiger partial charge in [0.15, 0.2) is 0 Å². The second-order valence-corrected chi connectivity index (χ2v) is 7.54. The normalized spacial score (nSPS) is 12.1. The molecule has 1 N–H and O–H groups in total. The fourth-order valence-corrected chi connectivity index (χ4v) is 3.84. The first-order valence-electron chi connectivity index (χ1n) is 10.9. The van der Waals surface area contributed by atoms with Gasteiger partial charge >= 0.3 is 0 Å². The van der Waals surface area contributed by atoms with Crippen molar-refractivity contribution in [2.45, 2.75) is 26.5 Å². The van der Waals surface area contributed by atoms with Crippen LogP contribution in [0.15, 0.2) is 85.2 Å². The van der Waals surface area contributed by atoms with Crippen molar-refractivity contribution < 1.29 is 9.53 Å². The third kappa shape index (κ3) is 4.98. The van der Waals surface area contributed by atoms with E-state index in [0.29, 0.717) is 18.0 Å². The fourth-order valence-electron chi connectivity index (χ4n) is 3.84. The Bertz CT molecular complexity index is 1140. The number of likely N-dealkylation sites (N-methyl/N-ethyl adjacent to an activating group) is 1. The van der Waals surface area contributed by atoms with Crippen LogP contribution in [0, 0.1) is 0 Å². The molecule has 0 fully saturated rings. The van der Waals surface area contributed by atoms with Gasteiger partial charge in [-0.05, 0) is 42.9 Å². The molecule has 2 aromatic carbocycles. The molecule has 2 heterocycles. The number of pyridine rings is 1. The summed E-state index contributed by atoms with van der Waals surface area (Å²) in [5, 5.41) is 3.07. The Morgan fingerprint density at radius 1 is 1.03 bits per heavy atom. The maximum Gasteiger partial charge on any atom is 0.246 e. The van der Waals surface area contributed by atoms with E-state index in [4.69, 9.17) is 4.74 Å². The van der Waals surface area contributed by atoms with E-state index in [9.17, 15) is 4.79 Å². The minimum atomic E-state index is -0.353. The van der Waals surface area contributed by atoms with Gasteiger partial charge in [0.2, 0.25) is 5.91 Å². The number of aromatic nitrogens is 2. The van der Waals surface area contributed by atoms with Crippen LogP contribution in [0.5, 0.6) is 5.75 Å². The first-order valence-corrected chi connectivity index (χ1v) is 10.9. The second kappa shape index (κ2) is 10.1. The molecule has 4 aromatic rings. The van der Waals surface area contributed by atoms with E-state index in [1.165, 1.54) is 0 Å². The van der Waals surface area contributed by atoms with Crippen LogP contribution in [0.2, 0.25) is 0 Å². The third-order valence-corrected chi connectivity index (χ3v) is 5.44. The number of carbonyl (C=O) groups is 1. The average molecular weight is 429 g/mol. The third-order valence-electron chi connectivity index (χ3n) is 5.44. The lowest BCUT2D eigenvalue weighted by atomic mass is 10.0. The number of nitrogens with zero attached hydrogens (tertiary/aromatic N) is 3. The molecule has 0 saturated heterocycles. The summed E-state index contributed by atoms with van der Waals surface area (Å²) in [6, 6.07) is 22.9. The van der Waals surface area contributed by atoms with Crippen molar-refractivity contribution in [1.82, 2.24) is 14.3 Å². The maximum absolute atomic E-state index is 13.3. The lowest BCUT2D eigenvalue weighted by Crippen LogP contribution is -2.37. The first-order chi connectivity index (χ1) is 15.7. The largest absolute Gasteiger partial charge is 0.487 e. The van der Waals surface area contributed by atoms with Gasteiger partial charge in [-0.1, -0.05) is 56.3 Å². The van der Waals surface area contributed by atoms with E-state index >= 15 is 0 Å². The van der Waals surface area contributed by atoms with Crippen LogP contribution in [-0.2, 0) is 11.4 Å². The molecular formula is C26H28N4O2. The van der Waals surface area contributed by atoms with Crippen molar-refractivity contribution in [3.63, 3.8) is 0 Å². The van der Waals surface area contributed by atoms with Crippen LogP contribution in [0.4, 0.5) is 5.69 Å². The van der Waals surface area contributed by atoms with Crippen LogP contribution in [0.1, 0.15) is 31.1 Å². The highest BCUT2D eigenvalue weighted by Gasteiger charge is 2.25. The minimum Gasteiger partial charge on any atom is -0.487 e. The van der Waals surface area contributed by atoms with Gasteiger partial charge in [0.05, 0.1) is 5.69 Å². The molecular weight excluding hydrogens is 400 g/mol. The molecule has 0 aliphatic heterocycles. The highest BCUT2D eigenvalue weighted by Crippen LogP contribution is 2.24. The number of anilines is 1. The number of imidazole rings is 1. The molecule has 2 aromatic heterocycles. The van der Waals surface area contributed by atoms with Crippen molar-refractivity contribution in [3.8, 4) is 5.75 Å². The van der Waals surface area contributed by atoms with E-state index in [2.05, 4.69) is 29.0 Å². The summed E-state index contributed by atoms with van der Waals surface area (Å²) in [5.74, 6) is 0.622. The number of rotatable bonds is 9. The quantitative estimate of drug-likeness (QED) is 0.410. The van der Waals surface area contributed by atoms with Crippen LogP contribution in [0.3, 0.4) is 0 Å². The Labute approximate surface area is 188 Å². The zero-order valence-corrected chi connectivity index (χ0v) is 18.4. The van der Waals surface area contributed by atoms with Crippen LogP contribution in [0.25, 0.3) is 5.65 Å². The minimum absolute atomic E-state index is 0.0580. The summed E-state index contributed by atoms with van der Waals surface area (Å²) >= 11 is 0. The van der Waals surface area contributed by atoms with E-state index in [1.54, 1.807) is 0 Å². The Balaban J connectivity index is 1.46. The number of amides is 1.